The number of amides is 2. The van der Waals surface area contributed by atoms with Gasteiger partial charge in [-0.2, -0.15) is 5.26 Å². The molecular formula is C19H19N3O3. The molecule has 2 N–H and O–H groups in total. The Labute approximate surface area is 146 Å². The highest BCUT2D eigenvalue weighted by atomic mass is 16.5. The van der Waals surface area contributed by atoms with E-state index in [0.29, 0.717) is 29.8 Å². The molecule has 2 rings (SSSR count). The molecule has 6 heteroatoms. The van der Waals surface area contributed by atoms with E-state index in [1.165, 1.54) is 7.11 Å². The Morgan fingerprint density at radius 1 is 1.04 bits per heavy atom. The van der Waals surface area contributed by atoms with Crippen LogP contribution in [0.2, 0.25) is 0 Å². The van der Waals surface area contributed by atoms with Gasteiger partial charge in [0.1, 0.15) is 6.61 Å². The van der Waals surface area contributed by atoms with E-state index in [-0.39, 0.29) is 18.4 Å². The number of ether oxygens (including phenoxy) is 1. The van der Waals surface area contributed by atoms with Crippen LogP contribution in [0.15, 0.2) is 48.5 Å². The van der Waals surface area contributed by atoms with Crippen LogP contribution in [0, 0.1) is 11.3 Å². The minimum absolute atomic E-state index is 0.0266. The normalized spacial score (nSPS) is 9.92. The summed E-state index contributed by atoms with van der Waals surface area (Å²) in [7, 11) is 1.45. The van der Waals surface area contributed by atoms with Crippen LogP contribution in [-0.2, 0) is 20.7 Å². The van der Waals surface area contributed by atoms with Crippen molar-refractivity contribution in [2.24, 2.45) is 0 Å². The highest BCUT2D eigenvalue weighted by Crippen LogP contribution is 2.16. The maximum absolute atomic E-state index is 12.1. The molecule has 0 aromatic heterocycles. The number of anilines is 2. The summed E-state index contributed by atoms with van der Waals surface area (Å²) in [5, 5.41) is 14.3. The minimum atomic E-state index is -0.258. The molecule has 25 heavy (non-hydrogen) atoms. The Bertz CT molecular complexity index is 779. The number of hydrogen-bond donors (Lipinski definition) is 2. The molecule has 2 amide bonds. The van der Waals surface area contributed by atoms with Gasteiger partial charge in [-0.15, -0.1) is 0 Å². The fourth-order valence-corrected chi connectivity index (χ4v) is 2.23. The number of benzene rings is 2. The fourth-order valence-electron chi connectivity index (χ4n) is 2.23. The number of carbonyl (C=O) groups is 2. The van der Waals surface area contributed by atoms with Crippen molar-refractivity contribution >= 4 is 23.2 Å². The molecule has 0 aliphatic heterocycles. The van der Waals surface area contributed by atoms with E-state index in [1.807, 2.05) is 12.1 Å². The Morgan fingerprint density at radius 3 is 2.28 bits per heavy atom. The molecule has 6 nitrogen and oxygen atoms in total. The molecule has 0 saturated heterocycles. The summed E-state index contributed by atoms with van der Waals surface area (Å²) in [4.78, 5) is 23.6. The molecule has 0 bridgehead atoms. The molecule has 0 aliphatic rings. The average Bonchev–Trinajstić information content (AvgIpc) is 2.61. The van der Waals surface area contributed by atoms with Gasteiger partial charge in [0.15, 0.2) is 0 Å². The molecule has 0 saturated carbocycles. The van der Waals surface area contributed by atoms with Gasteiger partial charge >= 0.3 is 0 Å². The zero-order valence-corrected chi connectivity index (χ0v) is 13.9. The monoisotopic (exact) mass is 337 g/mol. The topological polar surface area (TPSA) is 91.2 Å². The minimum Gasteiger partial charge on any atom is -0.375 e. The van der Waals surface area contributed by atoms with Crippen LogP contribution in [0.4, 0.5) is 11.4 Å². The van der Waals surface area contributed by atoms with E-state index in [1.54, 1.807) is 36.4 Å². The number of hydrogen-bond acceptors (Lipinski definition) is 4. The van der Waals surface area contributed by atoms with Crippen LogP contribution in [0.3, 0.4) is 0 Å². The first kappa shape index (κ1) is 18.2. The van der Waals surface area contributed by atoms with E-state index in [4.69, 9.17) is 10.00 Å². The van der Waals surface area contributed by atoms with Crippen molar-refractivity contribution in [1.82, 2.24) is 0 Å². The number of carbonyl (C=O) groups excluding carboxylic acids is 2. The lowest BCUT2D eigenvalue weighted by molar-refractivity contribution is -0.119. The molecule has 0 radical (unpaired) electrons. The quantitative estimate of drug-likeness (QED) is 0.812. The summed E-state index contributed by atoms with van der Waals surface area (Å²) in [5.41, 5.74) is 2.79. The van der Waals surface area contributed by atoms with E-state index >= 15 is 0 Å². The smallest absolute Gasteiger partial charge is 0.250 e. The fraction of sp³-hybridized carbons (Fsp3) is 0.211. The summed E-state index contributed by atoms with van der Waals surface area (Å²) in [6.45, 7) is -0.0266. The molecule has 0 spiro atoms. The third-order valence-corrected chi connectivity index (χ3v) is 3.43. The standard InChI is InChI=1S/C19H19N3O3/c1-25-13-19(24)22-17-4-2-3-16(11-17)21-18(23)10-9-14-5-7-15(12-20)8-6-14/h2-8,11H,9-10,13H2,1H3,(H,21,23)(H,22,24). The second kappa shape index (κ2) is 9.21. The highest BCUT2D eigenvalue weighted by molar-refractivity contribution is 5.94. The lowest BCUT2D eigenvalue weighted by atomic mass is 10.1. The van der Waals surface area contributed by atoms with Crippen molar-refractivity contribution in [1.29, 1.82) is 5.26 Å². The van der Waals surface area contributed by atoms with Gasteiger partial charge in [-0.3, -0.25) is 9.59 Å². The van der Waals surface area contributed by atoms with Gasteiger partial charge in [0.25, 0.3) is 0 Å². The average molecular weight is 337 g/mol. The molecule has 2 aromatic carbocycles. The van der Waals surface area contributed by atoms with Crippen LogP contribution in [0.5, 0.6) is 0 Å². The molecule has 0 fully saturated rings. The van der Waals surface area contributed by atoms with Gasteiger partial charge in [0.2, 0.25) is 11.8 Å². The maximum atomic E-state index is 12.1. The molecule has 0 unspecified atom stereocenters. The van der Waals surface area contributed by atoms with Crippen LogP contribution in [-0.4, -0.2) is 25.5 Å². The van der Waals surface area contributed by atoms with Gasteiger partial charge in [0, 0.05) is 24.9 Å². The number of rotatable bonds is 7. The molecule has 2 aromatic rings. The van der Waals surface area contributed by atoms with Crippen molar-refractivity contribution in [3.63, 3.8) is 0 Å². The SMILES string of the molecule is COCC(=O)Nc1cccc(NC(=O)CCc2ccc(C#N)cc2)c1. The van der Waals surface area contributed by atoms with Crippen molar-refractivity contribution in [3.05, 3.63) is 59.7 Å². The number of methoxy groups -OCH3 is 1. The van der Waals surface area contributed by atoms with Gasteiger partial charge in [-0.05, 0) is 42.3 Å². The second-order valence-electron chi connectivity index (χ2n) is 5.42. The van der Waals surface area contributed by atoms with Crippen LogP contribution in [0.1, 0.15) is 17.5 Å². The summed E-state index contributed by atoms with van der Waals surface area (Å²) in [6.07, 6.45) is 0.911. The van der Waals surface area contributed by atoms with Gasteiger partial charge in [0.05, 0.1) is 11.6 Å². The van der Waals surface area contributed by atoms with E-state index in [2.05, 4.69) is 16.7 Å². The van der Waals surface area contributed by atoms with Crippen LogP contribution < -0.4 is 10.6 Å². The van der Waals surface area contributed by atoms with Gasteiger partial charge in [-0.25, -0.2) is 0 Å². The van der Waals surface area contributed by atoms with Gasteiger partial charge in [-0.1, -0.05) is 18.2 Å². The van der Waals surface area contributed by atoms with E-state index < -0.39 is 0 Å². The Balaban J connectivity index is 1.87. The molecule has 0 heterocycles. The lowest BCUT2D eigenvalue weighted by Gasteiger charge is -2.09. The van der Waals surface area contributed by atoms with Crippen LogP contribution in [0.25, 0.3) is 0 Å². The van der Waals surface area contributed by atoms with Crippen molar-refractivity contribution in [2.45, 2.75) is 12.8 Å². The summed E-state index contributed by atoms with van der Waals surface area (Å²) in [6, 6.07) is 16.2. The van der Waals surface area contributed by atoms with Crippen molar-refractivity contribution < 1.29 is 14.3 Å². The second-order valence-corrected chi connectivity index (χ2v) is 5.42. The summed E-state index contributed by atoms with van der Waals surface area (Å²) < 4.78 is 4.76. The van der Waals surface area contributed by atoms with E-state index in [0.717, 1.165) is 5.56 Å². The maximum Gasteiger partial charge on any atom is 0.250 e. The number of nitrogens with one attached hydrogen (secondary N) is 2. The summed E-state index contributed by atoms with van der Waals surface area (Å²) in [5.74, 6) is -0.378. The summed E-state index contributed by atoms with van der Waals surface area (Å²) >= 11 is 0. The Kier molecular flexibility index (Phi) is 6.69. The molecule has 0 atom stereocenters. The Morgan fingerprint density at radius 2 is 1.68 bits per heavy atom. The predicted molar refractivity (Wildman–Crippen MR) is 95.1 cm³/mol. The first-order valence-electron chi connectivity index (χ1n) is 7.78. The van der Waals surface area contributed by atoms with Gasteiger partial charge < -0.3 is 15.4 Å². The molecule has 128 valence electrons. The number of aryl methyl sites for hydroxylation is 1. The van der Waals surface area contributed by atoms with E-state index in [9.17, 15) is 9.59 Å². The first-order valence-corrected chi connectivity index (χ1v) is 7.78. The lowest BCUT2D eigenvalue weighted by Crippen LogP contribution is -2.17. The van der Waals surface area contributed by atoms with Crippen LogP contribution >= 0.6 is 0 Å². The zero-order chi connectivity index (χ0) is 18.1. The van der Waals surface area contributed by atoms with Crippen molar-refractivity contribution in [2.75, 3.05) is 24.4 Å². The number of nitrogens with zero attached hydrogens (tertiary/aromatic N) is 1. The van der Waals surface area contributed by atoms with Crippen molar-refractivity contribution in [3.8, 4) is 6.07 Å². The number of nitriles is 1. The zero-order valence-electron chi connectivity index (χ0n) is 13.9. The highest BCUT2D eigenvalue weighted by Gasteiger charge is 2.06. The largest absolute Gasteiger partial charge is 0.375 e. The third kappa shape index (κ3) is 6.09. The first-order chi connectivity index (χ1) is 12.1. The molecule has 0 aliphatic carbocycles. The Hall–Kier alpha value is -3.17. The predicted octanol–water partition coefficient (Wildman–Crippen LogP) is 2.71. The molecular weight excluding hydrogens is 318 g/mol. The third-order valence-electron chi connectivity index (χ3n) is 3.43.